The molecule has 5 nitrogen and oxygen atoms in total. The van der Waals surface area contributed by atoms with Crippen molar-refractivity contribution < 1.29 is 4.79 Å². The molecule has 1 unspecified atom stereocenters. The van der Waals surface area contributed by atoms with Gasteiger partial charge in [0.2, 0.25) is 0 Å². The minimum atomic E-state index is -0.420. The number of benzene rings is 1. The molecule has 0 aliphatic carbocycles. The average Bonchev–Trinajstić information content (AvgIpc) is 2.46. The van der Waals surface area contributed by atoms with E-state index in [2.05, 4.69) is 23.6 Å². The van der Waals surface area contributed by atoms with Crippen LogP contribution >= 0.6 is 0 Å². The number of carbonyl (C=O) groups is 1. The Morgan fingerprint density at radius 3 is 2.50 bits per heavy atom. The normalized spacial score (nSPS) is 18.0. The van der Waals surface area contributed by atoms with Crippen LogP contribution in [0.1, 0.15) is 30.6 Å². The van der Waals surface area contributed by atoms with Crippen LogP contribution in [0.15, 0.2) is 18.2 Å². The molecule has 1 fully saturated rings. The lowest BCUT2D eigenvalue weighted by atomic mass is 10.1. The van der Waals surface area contributed by atoms with Gasteiger partial charge in [-0.1, -0.05) is 13.0 Å². The summed E-state index contributed by atoms with van der Waals surface area (Å²) in [6.07, 6.45) is 1.15. The van der Waals surface area contributed by atoms with Crippen molar-refractivity contribution in [3.63, 3.8) is 0 Å². The number of nitrogen functional groups attached to an aromatic ring is 1. The first-order valence-corrected chi connectivity index (χ1v) is 7.21. The molecular weight excluding hydrogens is 252 g/mol. The van der Waals surface area contributed by atoms with Gasteiger partial charge in [-0.15, -0.1) is 0 Å². The Morgan fingerprint density at radius 1 is 1.30 bits per heavy atom. The molecule has 1 heterocycles. The number of anilines is 2. The van der Waals surface area contributed by atoms with Gasteiger partial charge in [0.15, 0.2) is 0 Å². The Hall–Kier alpha value is -1.75. The molecule has 4 N–H and O–H groups in total. The number of carbonyl (C=O) groups excluding carboxylic acids is 1. The summed E-state index contributed by atoms with van der Waals surface area (Å²) in [6.45, 7) is 8.18. The minimum Gasteiger partial charge on any atom is -0.397 e. The first-order valence-electron chi connectivity index (χ1n) is 7.21. The molecular formula is C15H24N4O. The van der Waals surface area contributed by atoms with E-state index in [0.717, 1.165) is 38.3 Å². The fraction of sp³-hybridized carbons (Fsp3) is 0.533. The number of para-hydroxylation sites is 1. The van der Waals surface area contributed by atoms with Crippen LogP contribution in [0.2, 0.25) is 0 Å². The molecule has 1 aliphatic rings. The maximum absolute atomic E-state index is 11.6. The molecule has 110 valence electrons. The quantitative estimate of drug-likeness (QED) is 0.813. The minimum absolute atomic E-state index is 0.420. The van der Waals surface area contributed by atoms with E-state index in [1.54, 1.807) is 12.1 Å². The highest BCUT2D eigenvalue weighted by molar-refractivity contribution is 6.01. The van der Waals surface area contributed by atoms with E-state index in [1.807, 2.05) is 6.07 Å². The van der Waals surface area contributed by atoms with E-state index < -0.39 is 5.91 Å². The number of hydrogen-bond acceptors (Lipinski definition) is 4. The van der Waals surface area contributed by atoms with E-state index in [4.69, 9.17) is 11.5 Å². The number of amides is 1. The highest BCUT2D eigenvalue weighted by Crippen LogP contribution is 2.29. The Morgan fingerprint density at radius 2 is 1.95 bits per heavy atom. The summed E-state index contributed by atoms with van der Waals surface area (Å²) >= 11 is 0. The molecule has 0 aromatic heterocycles. The van der Waals surface area contributed by atoms with Crippen LogP contribution in [0, 0.1) is 0 Å². The SMILES string of the molecule is CCC(C)N1CCN(c2c(N)cccc2C(N)=O)CC1. The largest absolute Gasteiger partial charge is 0.397 e. The molecule has 1 amide bonds. The highest BCUT2D eigenvalue weighted by Gasteiger charge is 2.24. The van der Waals surface area contributed by atoms with E-state index in [0.29, 0.717) is 17.3 Å². The Labute approximate surface area is 120 Å². The topological polar surface area (TPSA) is 75.6 Å². The van der Waals surface area contributed by atoms with Crippen molar-refractivity contribution in [2.75, 3.05) is 36.8 Å². The second-order valence-electron chi connectivity index (χ2n) is 5.39. The lowest BCUT2D eigenvalue weighted by Gasteiger charge is -2.39. The van der Waals surface area contributed by atoms with Gasteiger partial charge in [0, 0.05) is 32.2 Å². The van der Waals surface area contributed by atoms with E-state index in [-0.39, 0.29) is 0 Å². The molecule has 0 spiro atoms. The number of hydrogen-bond donors (Lipinski definition) is 2. The standard InChI is InChI=1S/C15H24N4O/c1-3-11(2)18-7-9-19(10-8-18)14-12(15(17)20)5-4-6-13(14)16/h4-6,11H,3,7-10,16H2,1-2H3,(H2,17,20). The van der Waals surface area contributed by atoms with Gasteiger partial charge in [0.1, 0.15) is 0 Å². The van der Waals surface area contributed by atoms with Crippen molar-refractivity contribution in [2.45, 2.75) is 26.3 Å². The average molecular weight is 276 g/mol. The maximum atomic E-state index is 11.6. The van der Waals surface area contributed by atoms with Crippen LogP contribution in [-0.4, -0.2) is 43.0 Å². The van der Waals surface area contributed by atoms with Crippen LogP contribution in [0.4, 0.5) is 11.4 Å². The molecule has 0 bridgehead atoms. The monoisotopic (exact) mass is 276 g/mol. The number of nitrogens with zero attached hydrogens (tertiary/aromatic N) is 2. The van der Waals surface area contributed by atoms with Crippen molar-refractivity contribution in [3.8, 4) is 0 Å². The van der Waals surface area contributed by atoms with Gasteiger partial charge in [-0.25, -0.2) is 0 Å². The molecule has 0 radical (unpaired) electrons. The second-order valence-corrected chi connectivity index (χ2v) is 5.39. The summed E-state index contributed by atoms with van der Waals surface area (Å²) in [5, 5.41) is 0. The zero-order chi connectivity index (χ0) is 14.7. The molecule has 1 saturated heterocycles. The van der Waals surface area contributed by atoms with E-state index in [9.17, 15) is 4.79 Å². The fourth-order valence-electron chi connectivity index (χ4n) is 2.76. The summed E-state index contributed by atoms with van der Waals surface area (Å²) in [7, 11) is 0. The Kier molecular flexibility index (Phi) is 4.49. The number of primary amides is 1. The van der Waals surface area contributed by atoms with Gasteiger partial charge >= 0.3 is 0 Å². The summed E-state index contributed by atoms with van der Waals surface area (Å²) in [5.74, 6) is -0.420. The van der Waals surface area contributed by atoms with Crippen LogP contribution < -0.4 is 16.4 Å². The molecule has 1 aromatic carbocycles. The van der Waals surface area contributed by atoms with Gasteiger partial charge in [0.05, 0.1) is 16.9 Å². The summed E-state index contributed by atoms with van der Waals surface area (Å²) in [5.41, 5.74) is 13.4. The van der Waals surface area contributed by atoms with Crippen LogP contribution in [-0.2, 0) is 0 Å². The fourth-order valence-corrected chi connectivity index (χ4v) is 2.76. The molecule has 1 aliphatic heterocycles. The third-order valence-corrected chi connectivity index (χ3v) is 4.18. The molecule has 20 heavy (non-hydrogen) atoms. The summed E-state index contributed by atoms with van der Waals surface area (Å²) < 4.78 is 0. The van der Waals surface area contributed by atoms with Crippen molar-refractivity contribution in [2.24, 2.45) is 5.73 Å². The highest BCUT2D eigenvalue weighted by atomic mass is 16.1. The maximum Gasteiger partial charge on any atom is 0.250 e. The number of piperazine rings is 1. The second kappa shape index (κ2) is 6.13. The molecule has 1 aromatic rings. The zero-order valence-electron chi connectivity index (χ0n) is 12.3. The summed E-state index contributed by atoms with van der Waals surface area (Å²) in [6, 6.07) is 5.94. The van der Waals surface area contributed by atoms with Gasteiger partial charge < -0.3 is 16.4 Å². The van der Waals surface area contributed by atoms with Gasteiger partial charge in [-0.2, -0.15) is 0 Å². The third kappa shape index (κ3) is 2.88. The molecule has 5 heteroatoms. The predicted octanol–water partition coefficient (Wildman–Crippen LogP) is 1.29. The van der Waals surface area contributed by atoms with Crippen molar-refractivity contribution in [3.05, 3.63) is 23.8 Å². The molecule has 0 saturated carbocycles. The smallest absolute Gasteiger partial charge is 0.250 e. The summed E-state index contributed by atoms with van der Waals surface area (Å²) in [4.78, 5) is 16.2. The van der Waals surface area contributed by atoms with Gasteiger partial charge in [-0.05, 0) is 25.5 Å². The third-order valence-electron chi connectivity index (χ3n) is 4.18. The van der Waals surface area contributed by atoms with Gasteiger partial charge in [-0.3, -0.25) is 9.69 Å². The predicted molar refractivity (Wildman–Crippen MR) is 82.9 cm³/mol. The number of nitrogens with two attached hydrogens (primary N) is 2. The lowest BCUT2D eigenvalue weighted by molar-refractivity contribution is 0.100. The van der Waals surface area contributed by atoms with Crippen molar-refractivity contribution in [1.82, 2.24) is 4.90 Å². The van der Waals surface area contributed by atoms with Crippen LogP contribution in [0.25, 0.3) is 0 Å². The van der Waals surface area contributed by atoms with E-state index >= 15 is 0 Å². The van der Waals surface area contributed by atoms with Crippen LogP contribution in [0.3, 0.4) is 0 Å². The number of rotatable bonds is 4. The first kappa shape index (κ1) is 14.7. The van der Waals surface area contributed by atoms with Crippen molar-refractivity contribution >= 4 is 17.3 Å². The molecule has 2 rings (SSSR count). The zero-order valence-corrected chi connectivity index (χ0v) is 12.3. The van der Waals surface area contributed by atoms with Crippen LogP contribution in [0.5, 0.6) is 0 Å². The van der Waals surface area contributed by atoms with Gasteiger partial charge in [0.25, 0.3) is 5.91 Å². The Bertz CT molecular complexity index is 481. The first-order chi connectivity index (χ1) is 9.54. The molecule has 1 atom stereocenters. The van der Waals surface area contributed by atoms with E-state index in [1.165, 1.54) is 0 Å². The lowest BCUT2D eigenvalue weighted by Crippen LogP contribution is -2.50. The Balaban J connectivity index is 2.17. The van der Waals surface area contributed by atoms with Crippen molar-refractivity contribution in [1.29, 1.82) is 0 Å².